The summed E-state index contributed by atoms with van der Waals surface area (Å²) in [5.74, 6) is -2.53. The van der Waals surface area contributed by atoms with Gasteiger partial charge in [-0.1, -0.05) is 72.8 Å². The van der Waals surface area contributed by atoms with Gasteiger partial charge in [0.05, 0.1) is 11.1 Å². The number of benzene rings is 5. The van der Waals surface area contributed by atoms with Crippen molar-refractivity contribution in [2.45, 2.75) is 13.1 Å². The second kappa shape index (κ2) is 8.91. The van der Waals surface area contributed by atoms with Crippen LogP contribution in [0.1, 0.15) is 31.8 Å². The molecule has 6 nitrogen and oxygen atoms in total. The van der Waals surface area contributed by atoms with Crippen LogP contribution in [0.25, 0.3) is 32.6 Å². The number of rotatable bonds is 6. The van der Waals surface area contributed by atoms with Crippen LogP contribution in [0.5, 0.6) is 0 Å². The van der Waals surface area contributed by atoms with E-state index < -0.39 is 11.9 Å². The molecule has 0 radical (unpaired) electrons. The van der Waals surface area contributed by atoms with E-state index in [1.807, 2.05) is 39.7 Å². The summed E-state index contributed by atoms with van der Waals surface area (Å²) >= 11 is 0. The summed E-state index contributed by atoms with van der Waals surface area (Å²) in [5.41, 5.74) is 3.00. The van der Waals surface area contributed by atoms with Gasteiger partial charge in [0.2, 0.25) is 6.33 Å². The van der Waals surface area contributed by atoms with Gasteiger partial charge in [-0.2, -0.15) is 0 Å². The van der Waals surface area contributed by atoms with E-state index in [-0.39, 0.29) is 11.1 Å². The Kier molecular flexibility index (Phi) is 5.42. The van der Waals surface area contributed by atoms with Gasteiger partial charge < -0.3 is 10.2 Å². The fourth-order valence-corrected chi connectivity index (χ4v) is 5.00. The molecular formula is C31H23N2O4+. The standard InChI is InChI=1S/C31H22N2O4/c34-30(35)26-15-28-29(16-27(26)31(36)37)33(18-21-10-12-23-6-2-4-8-25(23)14-21)19-32(28)17-20-9-11-22-5-1-3-7-24(22)13-20/h1-16,19H,17-18H2,(H-,34,35,36,37)/p+1. The normalized spacial score (nSPS) is 11.4. The molecule has 0 aliphatic heterocycles. The predicted octanol–water partition coefficient (Wildman–Crippen LogP) is 5.73. The molecule has 6 rings (SSSR count). The Morgan fingerprint density at radius 1 is 0.649 bits per heavy atom. The van der Waals surface area contributed by atoms with Crippen LogP contribution in [0.2, 0.25) is 0 Å². The van der Waals surface area contributed by atoms with E-state index in [0.717, 1.165) is 32.7 Å². The molecule has 0 unspecified atom stereocenters. The number of hydrogen-bond acceptors (Lipinski definition) is 2. The third-order valence-electron chi connectivity index (χ3n) is 6.81. The van der Waals surface area contributed by atoms with Crippen molar-refractivity contribution in [3.63, 3.8) is 0 Å². The van der Waals surface area contributed by atoms with E-state index in [1.165, 1.54) is 12.1 Å². The Morgan fingerprint density at radius 2 is 1.19 bits per heavy atom. The molecule has 0 fully saturated rings. The number of carboxylic acids is 2. The summed E-state index contributed by atoms with van der Waals surface area (Å²) in [6.45, 7) is 1.02. The summed E-state index contributed by atoms with van der Waals surface area (Å²) < 4.78 is 3.97. The first-order valence-electron chi connectivity index (χ1n) is 11.9. The van der Waals surface area contributed by atoms with Crippen LogP contribution in [0.4, 0.5) is 0 Å². The van der Waals surface area contributed by atoms with E-state index >= 15 is 0 Å². The molecule has 180 valence electrons. The molecule has 0 saturated heterocycles. The maximum atomic E-state index is 11.9. The van der Waals surface area contributed by atoms with Gasteiger partial charge in [0.15, 0.2) is 11.0 Å². The highest BCUT2D eigenvalue weighted by atomic mass is 16.4. The minimum Gasteiger partial charge on any atom is -0.478 e. The number of imidazole rings is 1. The fraction of sp³-hybridized carbons (Fsp3) is 0.0645. The van der Waals surface area contributed by atoms with Crippen molar-refractivity contribution in [2.24, 2.45) is 0 Å². The molecule has 6 aromatic rings. The number of fused-ring (bicyclic) bond motifs is 3. The first kappa shape index (κ1) is 22.5. The highest BCUT2D eigenvalue weighted by Crippen LogP contribution is 2.23. The van der Waals surface area contributed by atoms with Gasteiger partial charge in [-0.25, -0.2) is 18.7 Å². The molecule has 0 aliphatic carbocycles. The maximum Gasteiger partial charge on any atom is 0.336 e. The Balaban J connectivity index is 1.49. The lowest BCUT2D eigenvalue weighted by molar-refractivity contribution is -0.663. The van der Waals surface area contributed by atoms with Gasteiger partial charge in [0, 0.05) is 12.1 Å². The smallest absolute Gasteiger partial charge is 0.336 e. The minimum atomic E-state index is -1.26. The summed E-state index contributed by atoms with van der Waals surface area (Å²) in [6.07, 6.45) is 1.94. The van der Waals surface area contributed by atoms with Crippen molar-refractivity contribution in [3.05, 3.63) is 126 Å². The zero-order valence-corrected chi connectivity index (χ0v) is 19.8. The number of nitrogens with zero attached hydrogens (tertiary/aromatic N) is 2. The number of hydrogen-bond donors (Lipinski definition) is 2. The monoisotopic (exact) mass is 487 g/mol. The van der Waals surface area contributed by atoms with Crippen molar-refractivity contribution < 1.29 is 24.4 Å². The van der Waals surface area contributed by atoms with E-state index in [0.29, 0.717) is 24.1 Å². The van der Waals surface area contributed by atoms with Gasteiger partial charge >= 0.3 is 11.9 Å². The molecular weight excluding hydrogens is 464 g/mol. The number of aromatic nitrogens is 2. The topological polar surface area (TPSA) is 83.4 Å². The zero-order chi connectivity index (χ0) is 25.5. The second-order valence-corrected chi connectivity index (χ2v) is 9.23. The lowest BCUT2D eigenvalue weighted by atomic mass is 10.1. The van der Waals surface area contributed by atoms with Crippen molar-refractivity contribution in [1.82, 2.24) is 4.57 Å². The van der Waals surface area contributed by atoms with E-state index in [9.17, 15) is 19.8 Å². The third kappa shape index (κ3) is 4.19. The summed E-state index contributed by atoms with van der Waals surface area (Å²) in [4.78, 5) is 23.9. The van der Waals surface area contributed by atoms with Crippen LogP contribution >= 0.6 is 0 Å². The van der Waals surface area contributed by atoms with E-state index in [4.69, 9.17) is 0 Å². The first-order valence-corrected chi connectivity index (χ1v) is 11.9. The highest BCUT2D eigenvalue weighted by Gasteiger charge is 2.25. The Bertz CT molecular complexity index is 1720. The first-order chi connectivity index (χ1) is 18.0. The van der Waals surface area contributed by atoms with Gasteiger partial charge in [-0.05, 0) is 44.8 Å². The Hall–Kier alpha value is -4.97. The quantitative estimate of drug-likeness (QED) is 0.294. The molecule has 1 heterocycles. The van der Waals surface area contributed by atoms with Gasteiger partial charge in [-0.15, -0.1) is 0 Å². The molecule has 1 aromatic heterocycles. The molecule has 0 spiro atoms. The van der Waals surface area contributed by atoms with Crippen LogP contribution < -0.4 is 4.57 Å². The SMILES string of the molecule is O=C(O)c1cc2c(cc1C(=O)O)[n+](Cc1ccc3ccccc3c1)cn2Cc1ccc2ccccc2c1. The van der Waals surface area contributed by atoms with Gasteiger partial charge in [0.25, 0.3) is 0 Å². The lowest BCUT2D eigenvalue weighted by Gasteiger charge is -2.04. The number of carboxylic acid groups (broad SMARTS) is 2. The zero-order valence-electron chi connectivity index (χ0n) is 19.8. The summed E-state index contributed by atoms with van der Waals surface area (Å²) in [7, 11) is 0. The van der Waals surface area contributed by atoms with Crippen LogP contribution in [-0.2, 0) is 13.1 Å². The number of carbonyl (C=O) groups is 2. The molecule has 0 atom stereocenters. The molecule has 0 saturated carbocycles. The molecule has 2 N–H and O–H groups in total. The fourth-order valence-electron chi connectivity index (χ4n) is 5.00. The van der Waals surface area contributed by atoms with Crippen molar-refractivity contribution in [1.29, 1.82) is 0 Å². The van der Waals surface area contributed by atoms with Crippen LogP contribution in [0.3, 0.4) is 0 Å². The lowest BCUT2D eigenvalue weighted by Crippen LogP contribution is -2.33. The van der Waals surface area contributed by atoms with Crippen molar-refractivity contribution in [3.8, 4) is 0 Å². The largest absolute Gasteiger partial charge is 0.478 e. The Labute approximate surface area is 212 Å². The van der Waals surface area contributed by atoms with Crippen LogP contribution in [-0.4, -0.2) is 26.7 Å². The predicted molar refractivity (Wildman–Crippen MR) is 142 cm³/mol. The summed E-state index contributed by atoms with van der Waals surface area (Å²) in [6, 6.07) is 31.7. The third-order valence-corrected chi connectivity index (χ3v) is 6.81. The molecule has 37 heavy (non-hydrogen) atoms. The molecule has 0 aliphatic rings. The molecule has 0 bridgehead atoms. The highest BCUT2D eigenvalue weighted by molar-refractivity contribution is 6.04. The minimum absolute atomic E-state index is 0.226. The van der Waals surface area contributed by atoms with E-state index in [1.54, 1.807) is 0 Å². The Morgan fingerprint density at radius 3 is 1.81 bits per heavy atom. The molecule has 0 amide bonds. The van der Waals surface area contributed by atoms with Crippen molar-refractivity contribution >= 4 is 44.5 Å². The average molecular weight is 488 g/mol. The molecule has 5 aromatic carbocycles. The van der Waals surface area contributed by atoms with Crippen molar-refractivity contribution in [2.75, 3.05) is 0 Å². The summed E-state index contributed by atoms with van der Waals surface area (Å²) in [5, 5.41) is 24.0. The maximum absolute atomic E-state index is 11.9. The van der Waals surface area contributed by atoms with Crippen LogP contribution in [0.15, 0.2) is 103 Å². The second-order valence-electron chi connectivity index (χ2n) is 9.23. The molecule has 6 heteroatoms. The van der Waals surface area contributed by atoms with Gasteiger partial charge in [-0.3, -0.25) is 0 Å². The van der Waals surface area contributed by atoms with Gasteiger partial charge in [0.1, 0.15) is 13.1 Å². The number of aromatic carboxylic acids is 2. The van der Waals surface area contributed by atoms with Crippen LogP contribution in [0, 0.1) is 0 Å². The van der Waals surface area contributed by atoms with E-state index in [2.05, 4.69) is 60.7 Å². The average Bonchev–Trinajstić information content (AvgIpc) is 3.23.